The number of urea groups is 1. The van der Waals surface area contributed by atoms with Crippen LogP contribution >= 0.6 is 0 Å². The molecule has 3 amide bonds. The number of nitrogens with zero attached hydrogens (tertiary/aromatic N) is 2. The number of halogens is 3. The van der Waals surface area contributed by atoms with Gasteiger partial charge in [0.15, 0.2) is 0 Å². The van der Waals surface area contributed by atoms with Gasteiger partial charge in [0.1, 0.15) is 6.04 Å². The molecule has 0 radical (unpaired) electrons. The Hall–Kier alpha value is -3.27. The van der Waals surface area contributed by atoms with Gasteiger partial charge in [-0.25, -0.2) is 4.79 Å². The van der Waals surface area contributed by atoms with E-state index < -0.39 is 23.8 Å². The molecule has 0 saturated carbocycles. The monoisotopic (exact) mass is 476 g/mol. The molecular formula is C24H27F3N4O3. The van der Waals surface area contributed by atoms with Gasteiger partial charge in [-0.05, 0) is 68.3 Å². The summed E-state index contributed by atoms with van der Waals surface area (Å²) in [5, 5.41) is 5.13. The fourth-order valence-corrected chi connectivity index (χ4v) is 4.27. The van der Waals surface area contributed by atoms with Crippen molar-refractivity contribution < 1.29 is 27.5 Å². The first-order valence-electron chi connectivity index (χ1n) is 11.2. The minimum Gasteiger partial charge on any atom is -0.377 e. The lowest BCUT2D eigenvalue weighted by molar-refractivity contribution is -0.137. The van der Waals surface area contributed by atoms with Crippen LogP contribution in [0.1, 0.15) is 25.3 Å². The molecule has 7 nitrogen and oxygen atoms in total. The van der Waals surface area contributed by atoms with E-state index in [9.17, 15) is 22.8 Å². The molecule has 2 aliphatic heterocycles. The van der Waals surface area contributed by atoms with Gasteiger partial charge in [-0.3, -0.25) is 4.79 Å². The normalized spacial score (nSPS) is 21.4. The molecule has 2 aliphatic rings. The number of hydrogen-bond acceptors (Lipinski definition) is 4. The van der Waals surface area contributed by atoms with Crippen LogP contribution in [0.5, 0.6) is 0 Å². The molecule has 2 heterocycles. The third kappa shape index (κ3) is 5.44. The summed E-state index contributed by atoms with van der Waals surface area (Å²) >= 11 is 0. The summed E-state index contributed by atoms with van der Waals surface area (Å²) in [6.07, 6.45) is -3.25. The molecule has 2 saturated heterocycles. The van der Waals surface area contributed by atoms with Gasteiger partial charge in [0.05, 0.1) is 18.8 Å². The molecule has 0 aromatic heterocycles. The van der Waals surface area contributed by atoms with Crippen LogP contribution in [0, 0.1) is 0 Å². The molecule has 0 aliphatic carbocycles. The number of rotatable bonds is 4. The van der Waals surface area contributed by atoms with Crippen molar-refractivity contribution in [1.82, 2.24) is 5.32 Å². The highest BCUT2D eigenvalue weighted by Gasteiger charge is 2.32. The number of alkyl halides is 3. The smallest absolute Gasteiger partial charge is 0.377 e. The maximum atomic E-state index is 13.0. The SMILES string of the molecule is C[C@@H]1COCCN1c1ccc(N2CCC[C@@H](NC(=O)Nc3ccc(C(F)(F)F)cc3)C2=O)cc1. The lowest BCUT2D eigenvalue weighted by Gasteiger charge is -2.36. The molecule has 4 rings (SSSR count). The first kappa shape index (κ1) is 23.9. The Morgan fingerprint density at radius 2 is 1.71 bits per heavy atom. The Balaban J connectivity index is 1.36. The van der Waals surface area contributed by atoms with Crippen LogP contribution in [0.3, 0.4) is 0 Å². The standard InChI is InChI=1S/C24H27F3N4O3/c1-16-15-34-14-13-30(16)19-8-10-20(11-9-19)31-12-2-3-21(22(31)32)29-23(33)28-18-6-4-17(5-7-18)24(25,26)27/h4-11,16,21H,2-3,12-15H2,1H3,(H2,28,29,33)/t16-,21-/m1/s1. The minimum absolute atomic E-state index is 0.207. The summed E-state index contributed by atoms with van der Waals surface area (Å²) in [4.78, 5) is 29.3. The van der Waals surface area contributed by atoms with Crippen molar-refractivity contribution in [3.63, 3.8) is 0 Å². The number of amides is 3. The summed E-state index contributed by atoms with van der Waals surface area (Å²) in [6, 6.07) is 10.8. The lowest BCUT2D eigenvalue weighted by Crippen LogP contribution is -2.53. The fraction of sp³-hybridized carbons (Fsp3) is 0.417. The van der Waals surface area contributed by atoms with Crippen LogP contribution in [0.25, 0.3) is 0 Å². The van der Waals surface area contributed by atoms with Crippen molar-refractivity contribution in [2.75, 3.05) is 41.4 Å². The summed E-state index contributed by atoms with van der Waals surface area (Å²) < 4.78 is 43.6. The molecule has 0 unspecified atom stereocenters. The molecule has 182 valence electrons. The van der Waals surface area contributed by atoms with Crippen LogP contribution in [0.4, 0.5) is 35.0 Å². The van der Waals surface area contributed by atoms with E-state index >= 15 is 0 Å². The van der Waals surface area contributed by atoms with Crippen LogP contribution in [0.15, 0.2) is 48.5 Å². The number of carbonyl (C=O) groups is 2. The van der Waals surface area contributed by atoms with Crippen molar-refractivity contribution in [2.24, 2.45) is 0 Å². The summed E-state index contributed by atoms with van der Waals surface area (Å²) in [7, 11) is 0. The first-order chi connectivity index (χ1) is 16.2. The van der Waals surface area contributed by atoms with Gasteiger partial charge in [-0.2, -0.15) is 13.2 Å². The van der Waals surface area contributed by atoms with Gasteiger partial charge in [-0.15, -0.1) is 0 Å². The number of morpholine rings is 1. The highest BCUT2D eigenvalue weighted by Crippen LogP contribution is 2.30. The Morgan fingerprint density at radius 3 is 2.35 bits per heavy atom. The zero-order valence-electron chi connectivity index (χ0n) is 18.8. The summed E-state index contributed by atoms with van der Waals surface area (Å²) in [5.41, 5.74) is 1.23. The first-order valence-corrected chi connectivity index (χ1v) is 11.2. The quantitative estimate of drug-likeness (QED) is 0.692. The highest BCUT2D eigenvalue weighted by atomic mass is 19.4. The average molecular weight is 476 g/mol. The maximum absolute atomic E-state index is 13.0. The van der Waals surface area contributed by atoms with Gasteiger partial charge < -0.3 is 25.2 Å². The third-order valence-corrected chi connectivity index (χ3v) is 6.07. The molecule has 10 heteroatoms. The number of carbonyl (C=O) groups excluding carboxylic acids is 2. The number of nitrogens with one attached hydrogen (secondary N) is 2. The van der Waals surface area contributed by atoms with Crippen molar-refractivity contribution in [3.05, 3.63) is 54.1 Å². The van der Waals surface area contributed by atoms with Crippen LogP contribution in [-0.4, -0.2) is 50.3 Å². The van der Waals surface area contributed by atoms with Crippen LogP contribution < -0.4 is 20.4 Å². The van der Waals surface area contributed by atoms with E-state index in [1.54, 1.807) is 4.90 Å². The van der Waals surface area contributed by atoms with E-state index in [-0.39, 0.29) is 17.6 Å². The van der Waals surface area contributed by atoms with Crippen molar-refractivity contribution in [1.29, 1.82) is 0 Å². The van der Waals surface area contributed by atoms with E-state index in [4.69, 9.17) is 4.74 Å². The van der Waals surface area contributed by atoms with Crippen LogP contribution in [0.2, 0.25) is 0 Å². The van der Waals surface area contributed by atoms with E-state index in [0.717, 1.165) is 30.1 Å². The van der Waals surface area contributed by atoms with Gasteiger partial charge in [0.25, 0.3) is 0 Å². The molecular weight excluding hydrogens is 449 g/mol. The van der Waals surface area contributed by atoms with Gasteiger partial charge in [-0.1, -0.05) is 0 Å². The summed E-state index contributed by atoms with van der Waals surface area (Å²) in [5.74, 6) is -0.221. The predicted molar refractivity (Wildman–Crippen MR) is 123 cm³/mol. The van der Waals surface area contributed by atoms with Crippen molar-refractivity contribution in [3.8, 4) is 0 Å². The van der Waals surface area contributed by atoms with Crippen LogP contribution in [-0.2, 0) is 15.7 Å². The Morgan fingerprint density at radius 1 is 1.03 bits per heavy atom. The molecule has 2 N–H and O–H groups in total. The molecule has 34 heavy (non-hydrogen) atoms. The van der Waals surface area contributed by atoms with Gasteiger partial charge in [0, 0.05) is 36.2 Å². The summed E-state index contributed by atoms with van der Waals surface area (Å²) in [6.45, 7) is 4.81. The van der Waals surface area contributed by atoms with E-state index in [0.29, 0.717) is 32.6 Å². The Bertz CT molecular complexity index is 1010. The molecule has 0 spiro atoms. The molecule has 2 fully saturated rings. The largest absolute Gasteiger partial charge is 0.416 e. The van der Waals surface area contributed by atoms with Gasteiger partial charge >= 0.3 is 12.2 Å². The zero-order valence-corrected chi connectivity index (χ0v) is 18.8. The molecule has 2 atom stereocenters. The third-order valence-electron chi connectivity index (χ3n) is 6.07. The second kappa shape index (κ2) is 9.92. The Labute approximate surface area is 195 Å². The average Bonchev–Trinajstić information content (AvgIpc) is 2.81. The number of ether oxygens (including phenoxy) is 1. The molecule has 2 aromatic carbocycles. The molecule has 0 bridgehead atoms. The number of hydrogen-bond donors (Lipinski definition) is 2. The maximum Gasteiger partial charge on any atom is 0.416 e. The number of piperidine rings is 1. The lowest BCUT2D eigenvalue weighted by atomic mass is 10.0. The molecule has 2 aromatic rings. The number of benzene rings is 2. The van der Waals surface area contributed by atoms with E-state index in [1.807, 2.05) is 24.3 Å². The predicted octanol–water partition coefficient (Wildman–Crippen LogP) is 4.25. The van der Waals surface area contributed by atoms with Crippen molar-refractivity contribution in [2.45, 2.75) is 38.0 Å². The fourth-order valence-electron chi connectivity index (χ4n) is 4.27. The second-order valence-electron chi connectivity index (χ2n) is 8.49. The minimum atomic E-state index is -4.45. The number of anilines is 3. The topological polar surface area (TPSA) is 73.9 Å². The van der Waals surface area contributed by atoms with E-state index in [1.165, 1.54) is 12.1 Å². The Kier molecular flexibility index (Phi) is 6.97. The van der Waals surface area contributed by atoms with Gasteiger partial charge in [0.2, 0.25) is 5.91 Å². The zero-order chi connectivity index (χ0) is 24.3. The van der Waals surface area contributed by atoms with Crippen molar-refractivity contribution >= 4 is 29.0 Å². The van der Waals surface area contributed by atoms with E-state index in [2.05, 4.69) is 22.5 Å². The highest BCUT2D eigenvalue weighted by molar-refractivity contribution is 6.01. The second-order valence-corrected chi connectivity index (χ2v) is 8.49.